The summed E-state index contributed by atoms with van der Waals surface area (Å²) in [6.07, 6.45) is -10.1. The molecule has 398 valence electrons. The van der Waals surface area contributed by atoms with E-state index in [9.17, 15) is 14.4 Å². The highest BCUT2D eigenvalue weighted by Crippen LogP contribution is 2.41. The quantitative estimate of drug-likeness (QED) is 0.0463. The number of carbonyl (C=O) groups excluding carboxylic acids is 3. The number of esters is 1. The fourth-order valence-corrected chi connectivity index (χ4v) is 9.31. The molecule has 2 aliphatic rings. The summed E-state index contributed by atoms with van der Waals surface area (Å²) in [6, 6.07) is 34.7. The lowest BCUT2D eigenvalue weighted by atomic mass is 9.93. The van der Waals surface area contributed by atoms with E-state index in [-0.39, 0.29) is 44.7 Å². The number of amides is 2. The Kier molecular flexibility index (Phi) is 21.7. The van der Waals surface area contributed by atoms with Gasteiger partial charge in [0.1, 0.15) is 42.6 Å². The van der Waals surface area contributed by atoms with Crippen molar-refractivity contribution in [3.8, 4) is 0 Å². The van der Waals surface area contributed by atoms with Crippen LogP contribution < -0.4 is 10.6 Å². The van der Waals surface area contributed by atoms with Gasteiger partial charge < -0.3 is 53.0 Å². The number of alkyl halides is 6. The molecule has 0 aromatic heterocycles. The first-order valence-corrected chi connectivity index (χ1v) is 28.8. The number of benzene rings is 4. The highest BCUT2D eigenvalue weighted by Gasteiger charge is 2.57. The van der Waals surface area contributed by atoms with Gasteiger partial charge in [-0.25, -0.2) is 0 Å². The van der Waals surface area contributed by atoms with Crippen molar-refractivity contribution >= 4 is 95.7 Å². The number of halogens is 6. The summed E-state index contributed by atoms with van der Waals surface area (Å²) in [6.45, 7) is 11.4. The minimum absolute atomic E-state index is 0.0256. The van der Waals surface area contributed by atoms with Crippen LogP contribution in [0.25, 0.3) is 0 Å². The fourth-order valence-electron chi connectivity index (χ4n) is 7.85. The van der Waals surface area contributed by atoms with Crippen molar-refractivity contribution in [2.75, 3.05) is 13.2 Å². The molecule has 0 unspecified atom stereocenters. The molecule has 0 radical (unpaired) electrons. The maximum atomic E-state index is 13.9. The summed E-state index contributed by atoms with van der Waals surface area (Å²) in [5.74, 6) is -2.77. The monoisotopic (exact) mass is 1140 g/mol. The van der Waals surface area contributed by atoms with Crippen LogP contribution in [0.4, 0.5) is 0 Å². The van der Waals surface area contributed by atoms with Gasteiger partial charge in [0.15, 0.2) is 27.0 Å². The average Bonchev–Trinajstić information content (AvgIpc) is 3.33. The summed E-state index contributed by atoms with van der Waals surface area (Å²) in [7, 11) is -2.78. The van der Waals surface area contributed by atoms with E-state index in [0.29, 0.717) is 0 Å². The van der Waals surface area contributed by atoms with Crippen LogP contribution >= 0.6 is 69.6 Å². The summed E-state index contributed by atoms with van der Waals surface area (Å²) < 4.78 is 55.2. The molecule has 2 amide bonds. The minimum Gasteiger partial charge on any atom is -0.457 e. The summed E-state index contributed by atoms with van der Waals surface area (Å²) >= 11 is 37.5. The van der Waals surface area contributed by atoms with Crippen molar-refractivity contribution in [3.05, 3.63) is 144 Å². The SMILES string of the molecule is CC(=O)O[C@H]1[C@H](OCc2ccccc2)[C@@H](NC(=O)C(Cl)(Cl)Cl)[C@H](O[C@H]2[C@H](OCc3ccccc3)[C@@H](NC(=O)C(Cl)(Cl)Cl)[C@H](O[Si](C)(C)C(C)(C)C)O[C@@H]2COCc2ccccc2)O[C@@H]1COCc1ccccc1. The van der Waals surface area contributed by atoms with Crippen LogP contribution in [0.2, 0.25) is 18.1 Å². The Morgan fingerprint density at radius 3 is 1.27 bits per heavy atom. The van der Waals surface area contributed by atoms with E-state index >= 15 is 0 Å². The molecule has 73 heavy (non-hydrogen) atoms. The molecule has 0 spiro atoms. The Morgan fingerprint density at radius 2 is 0.890 bits per heavy atom. The van der Waals surface area contributed by atoms with Crippen molar-refractivity contribution in [3.63, 3.8) is 0 Å². The molecule has 2 heterocycles. The number of nitrogens with one attached hydrogen (secondary N) is 2. The summed E-state index contributed by atoms with van der Waals surface area (Å²) in [5.41, 5.74) is 3.22. The smallest absolute Gasteiger partial charge is 0.303 e. The lowest BCUT2D eigenvalue weighted by Gasteiger charge is -2.52. The second-order valence-corrected chi connectivity index (χ2v) is 28.5. The standard InChI is InChI=1S/C52H62Cl6N2O12Si/c1-33(61)68-42-38(31-64-27-34-19-11-7-12-20-34)69-46(40(59-48(62)51(53,54)55)44(42)66-29-36-23-15-9-16-24-36)71-43-39(32-65-28-35-21-13-8-14-22-35)70-47(72-73(5,6)50(2,3)4)41(60-49(63)52(56,57)58)45(43)67-30-37-25-17-10-18-26-37/h7-26,38-47H,27-32H2,1-6H3,(H,59,62)(H,60,63)/t38-,39-,40-,41-,42-,43-,44-,45-,46+,47+/m1/s1. The maximum absolute atomic E-state index is 13.9. The Hall–Kier alpha value is -3.07. The lowest BCUT2D eigenvalue weighted by Crippen LogP contribution is -2.71. The van der Waals surface area contributed by atoms with Crippen molar-refractivity contribution in [1.29, 1.82) is 0 Å². The van der Waals surface area contributed by atoms with Gasteiger partial charge in [0.25, 0.3) is 19.4 Å². The van der Waals surface area contributed by atoms with Gasteiger partial charge in [-0.2, -0.15) is 0 Å². The zero-order valence-corrected chi connectivity index (χ0v) is 46.8. The molecule has 4 aromatic rings. The second kappa shape index (κ2) is 26.8. The van der Waals surface area contributed by atoms with Crippen LogP contribution in [0, 0.1) is 0 Å². The molecular weight excluding hydrogens is 1090 g/mol. The van der Waals surface area contributed by atoms with Gasteiger partial charge in [0.05, 0.1) is 39.6 Å². The Bertz CT molecular complexity index is 2350. The number of ether oxygens (including phenoxy) is 8. The summed E-state index contributed by atoms with van der Waals surface area (Å²) in [4.78, 5) is 40.9. The third-order valence-corrected chi connectivity index (χ3v) is 18.0. The van der Waals surface area contributed by atoms with E-state index < -0.39 is 95.0 Å². The van der Waals surface area contributed by atoms with E-state index in [4.69, 9.17) is 112 Å². The van der Waals surface area contributed by atoms with Gasteiger partial charge in [0.2, 0.25) is 0 Å². The van der Waals surface area contributed by atoms with Crippen LogP contribution in [0.1, 0.15) is 49.9 Å². The molecule has 4 aromatic carbocycles. The average molecular weight is 1150 g/mol. The van der Waals surface area contributed by atoms with E-state index in [1.807, 2.05) is 134 Å². The van der Waals surface area contributed by atoms with Gasteiger partial charge in [-0.3, -0.25) is 14.4 Å². The van der Waals surface area contributed by atoms with E-state index in [0.717, 1.165) is 22.3 Å². The maximum Gasteiger partial charge on any atom is 0.303 e. The molecular formula is C52H62Cl6N2O12Si. The zero-order valence-electron chi connectivity index (χ0n) is 41.2. The van der Waals surface area contributed by atoms with Crippen LogP contribution in [-0.4, -0.2) is 108 Å². The normalized spacial score (nSPS) is 24.9. The van der Waals surface area contributed by atoms with Crippen molar-refractivity contribution < 1.29 is 56.7 Å². The van der Waals surface area contributed by atoms with E-state index in [2.05, 4.69) is 31.4 Å². The Morgan fingerprint density at radius 1 is 0.534 bits per heavy atom. The van der Waals surface area contributed by atoms with Crippen molar-refractivity contribution in [2.24, 2.45) is 0 Å². The molecule has 2 saturated heterocycles. The first-order valence-electron chi connectivity index (χ1n) is 23.6. The van der Waals surface area contributed by atoms with Gasteiger partial charge >= 0.3 is 5.97 Å². The van der Waals surface area contributed by atoms with Crippen LogP contribution in [0.3, 0.4) is 0 Å². The molecule has 2 N–H and O–H groups in total. The lowest BCUT2D eigenvalue weighted by molar-refractivity contribution is -0.336. The van der Waals surface area contributed by atoms with Crippen molar-refractivity contribution in [2.45, 2.75) is 141 Å². The van der Waals surface area contributed by atoms with Crippen LogP contribution in [0.15, 0.2) is 121 Å². The molecule has 6 rings (SSSR count). The molecule has 0 bridgehead atoms. The highest BCUT2D eigenvalue weighted by atomic mass is 35.6. The predicted molar refractivity (Wildman–Crippen MR) is 283 cm³/mol. The van der Waals surface area contributed by atoms with Gasteiger partial charge in [0, 0.05) is 6.92 Å². The summed E-state index contributed by atoms with van der Waals surface area (Å²) in [5, 5.41) is 5.26. The third-order valence-electron chi connectivity index (χ3n) is 12.6. The van der Waals surface area contributed by atoms with Gasteiger partial charge in [-0.15, -0.1) is 0 Å². The molecule has 2 fully saturated rings. The fraction of sp³-hybridized carbons (Fsp3) is 0.481. The van der Waals surface area contributed by atoms with Crippen molar-refractivity contribution in [1.82, 2.24) is 10.6 Å². The van der Waals surface area contributed by atoms with E-state index in [1.165, 1.54) is 6.92 Å². The van der Waals surface area contributed by atoms with Crippen LogP contribution in [-0.2, 0) is 83.1 Å². The second-order valence-electron chi connectivity index (χ2n) is 19.2. The van der Waals surface area contributed by atoms with E-state index in [1.54, 1.807) is 0 Å². The molecule has 0 saturated carbocycles. The molecule has 0 aliphatic carbocycles. The molecule has 2 aliphatic heterocycles. The number of rotatable bonds is 21. The molecule has 14 nitrogen and oxygen atoms in total. The first kappa shape index (κ1) is 59.2. The highest BCUT2D eigenvalue weighted by molar-refractivity contribution is 6.76. The number of carbonyl (C=O) groups is 3. The molecule has 10 atom stereocenters. The van der Waals surface area contributed by atoms with Gasteiger partial charge in [-0.1, -0.05) is 212 Å². The Balaban J connectivity index is 1.51. The third kappa shape index (κ3) is 17.5. The topological polar surface area (TPSA) is 158 Å². The number of hydrogen-bond acceptors (Lipinski definition) is 12. The zero-order chi connectivity index (χ0) is 53.0. The minimum atomic E-state index is -2.78. The molecule has 21 heteroatoms. The predicted octanol–water partition coefficient (Wildman–Crippen LogP) is 10.1. The van der Waals surface area contributed by atoms with Crippen LogP contribution in [0.5, 0.6) is 0 Å². The number of hydrogen-bond donors (Lipinski definition) is 2. The Labute approximate surface area is 458 Å². The largest absolute Gasteiger partial charge is 0.457 e. The van der Waals surface area contributed by atoms with Gasteiger partial charge in [-0.05, 0) is 40.4 Å². The first-order chi connectivity index (χ1) is 34.5.